The smallest absolute Gasteiger partial charge is 0.270 e. The summed E-state index contributed by atoms with van der Waals surface area (Å²) in [6.07, 6.45) is 55.3. The summed E-state index contributed by atoms with van der Waals surface area (Å²) in [4.78, 5) is 11.0. The second-order valence-corrected chi connectivity index (χ2v) is 41.3. The van der Waals surface area contributed by atoms with Crippen molar-refractivity contribution in [2.75, 3.05) is 0 Å². The molecule has 4 nitrogen and oxygen atoms in total. The fourth-order valence-electron chi connectivity index (χ4n) is 24.8. The minimum atomic E-state index is 0.320. The van der Waals surface area contributed by atoms with Crippen LogP contribution >= 0.6 is 0 Å². The zero-order chi connectivity index (χ0) is 93.8. The topological polar surface area (TPSA) is 13.0 Å². The summed E-state index contributed by atoms with van der Waals surface area (Å²) in [7, 11) is 0. The van der Waals surface area contributed by atoms with E-state index < -0.39 is 0 Å². The first-order valence-corrected chi connectivity index (χ1v) is 51.9. The maximum absolute atomic E-state index is 4.07. The van der Waals surface area contributed by atoms with Crippen molar-refractivity contribution in [2.24, 2.45) is 0 Å². The first kappa shape index (κ1) is 100. The van der Waals surface area contributed by atoms with Gasteiger partial charge in [0.05, 0.1) is 0 Å². The van der Waals surface area contributed by atoms with Gasteiger partial charge < -0.3 is 19.2 Å². The summed E-state index contributed by atoms with van der Waals surface area (Å²) in [6, 6.07) is 76.5. The highest BCUT2D eigenvalue weighted by Gasteiger charge is 2.49. The first-order chi connectivity index (χ1) is 64.0. The van der Waals surface area contributed by atoms with Gasteiger partial charge in [0.25, 0.3) is 27.4 Å². The Morgan fingerprint density at radius 3 is 0.811 bits per heavy atom. The third-order valence-electron chi connectivity index (χ3n) is 30.0. The van der Waals surface area contributed by atoms with Gasteiger partial charge in [-0.15, -0.1) is 26.3 Å². The number of fused-ring (bicyclic) bond motifs is 8. The number of hydrogen-bond donors (Lipinski definition) is 0. The van der Waals surface area contributed by atoms with Crippen molar-refractivity contribution in [1.82, 2.24) is 19.2 Å². The molecule has 0 bridgehead atoms. The maximum Gasteiger partial charge on any atom is 0.270 e. The molecule has 8 aliphatic rings. The summed E-state index contributed by atoms with van der Waals surface area (Å²) < 4.78 is 0. The van der Waals surface area contributed by atoms with Gasteiger partial charge in [-0.2, -0.15) is 0 Å². The van der Waals surface area contributed by atoms with Gasteiger partial charge in [0.1, 0.15) is 0 Å². The maximum atomic E-state index is 4.07. The second kappa shape index (κ2) is 47.8. The fraction of sp³-hybridized carbons (Fsp3) is 0.419. The number of rotatable bonds is 42. The van der Waals surface area contributed by atoms with Gasteiger partial charge in [-0.3, -0.25) is 0 Å². The molecule has 8 aliphatic carbocycles. The quantitative estimate of drug-likeness (QED) is 0.0215. The molecule has 132 heavy (non-hydrogen) atoms. The predicted molar refractivity (Wildman–Crippen MR) is 586 cm³/mol. The molecule has 16 rings (SSSR count). The lowest BCUT2D eigenvalue weighted by atomic mass is 9.42. The van der Waals surface area contributed by atoms with E-state index in [4.69, 9.17) is 0 Å². The molecule has 8 heteroatoms. The molecular weight excluding hydrogens is 1590 g/mol. The molecule has 8 atom stereocenters. The van der Waals surface area contributed by atoms with E-state index in [2.05, 4.69) is 443 Å². The highest BCUT2D eigenvalue weighted by atomic mass is 15.1. The largest absolute Gasteiger partial charge is 0.333 e. The van der Waals surface area contributed by atoms with Gasteiger partial charge in [-0.1, -0.05) is 464 Å². The molecule has 0 saturated carbocycles. The minimum absolute atomic E-state index is 0.320. The Balaban J connectivity index is 0.000000150. The number of benzene rings is 8. The molecule has 0 aliphatic heterocycles. The van der Waals surface area contributed by atoms with E-state index in [9.17, 15) is 0 Å². The average Bonchev–Trinajstić information content (AvgIpc) is 1.61. The van der Waals surface area contributed by atoms with Crippen LogP contribution in [0.15, 0.2) is 293 Å². The monoisotopic (exact) mass is 1750 g/mol. The average molecular weight is 1750 g/mol. The van der Waals surface area contributed by atoms with Gasteiger partial charge in [-0.05, 0) is 226 Å². The van der Waals surface area contributed by atoms with Crippen LogP contribution in [0.25, 0.3) is 45.2 Å². The molecule has 0 amide bonds. The van der Waals surface area contributed by atoms with Crippen molar-refractivity contribution < 1.29 is 0 Å². The van der Waals surface area contributed by atoms with Crippen LogP contribution in [0, 0.1) is 0 Å². The molecule has 0 N–H and O–H groups in total. The van der Waals surface area contributed by atoms with E-state index >= 15 is 0 Å². The molecule has 0 saturated heterocycles. The molecule has 0 fully saturated rings. The van der Waals surface area contributed by atoms with Crippen LogP contribution in [0.5, 0.6) is 0 Å². The summed E-state index contributed by atoms with van der Waals surface area (Å²) in [6.45, 7) is 59.6. The SMILES string of the molecule is C=CCC1C=C(B(C2C=C(CCCCCC)c3ccccc32)N(C(C)C)C(C)C)c2ccccc21.C=CCC1C=C(B(C2C=Cc3ccccc32)N(C(C)C)C(C)C)c2ccccc21.C=CCCCC1C=C(B(C2C=C(CCCCCC)c3ccccc32)N(C(C)C)C(C)C)c2ccccc21.C=CCCCC1C=C(B(C2C=Cc3ccccc32)N(C(C)C)C(C)C)c2ccccc21. The number of unbranched alkanes of at least 4 members (excludes halogenated alkanes) is 8. The van der Waals surface area contributed by atoms with Crippen LogP contribution in [0.4, 0.5) is 0 Å². The van der Waals surface area contributed by atoms with Crippen molar-refractivity contribution in [2.45, 2.75) is 335 Å². The highest BCUT2D eigenvalue weighted by molar-refractivity contribution is 6.81. The van der Waals surface area contributed by atoms with Gasteiger partial charge in [-0.25, -0.2) is 0 Å². The Hall–Kier alpha value is -9.26. The summed E-state index contributed by atoms with van der Waals surface area (Å²) in [5.41, 5.74) is 32.6. The summed E-state index contributed by atoms with van der Waals surface area (Å²) in [5, 5.41) is 0. The van der Waals surface area contributed by atoms with E-state index in [1.54, 1.807) is 16.6 Å². The molecular formula is C124H160B4N4. The van der Waals surface area contributed by atoms with Crippen LogP contribution in [0.1, 0.15) is 376 Å². The third-order valence-corrected chi connectivity index (χ3v) is 30.0. The lowest BCUT2D eigenvalue weighted by Crippen LogP contribution is -2.51. The van der Waals surface area contributed by atoms with Crippen LogP contribution in [-0.2, 0) is 0 Å². The molecule has 8 aromatic rings. The van der Waals surface area contributed by atoms with Crippen LogP contribution < -0.4 is 0 Å². The Bertz CT molecular complexity index is 5420. The number of allylic oxidation sites excluding steroid dienone is 14. The normalized spacial score (nSPS) is 18.9. The Morgan fingerprint density at radius 1 is 0.265 bits per heavy atom. The number of hydrogen-bond acceptors (Lipinski definition) is 4. The third kappa shape index (κ3) is 22.6. The summed E-state index contributed by atoms with van der Waals surface area (Å²) >= 11 is 0. The lowest BCUT2D eigenvalue weighted by molar-refractivity contribution is 0.304. The Morgan fingerprint density at radius 2 is 0.523 bits per heavy atom. The zero-order valence-electron chi connectivity index (χ0n) is 84.5. The fourth-order valence-corrected chi connectivity index (χ4v) is 24.8. The molecule has 8 unspecified atom stereocenters. The first-order valence-electron chi connectivity index (χ1n) is 51.9. The zero-order valence-corrected chi connectivity index (χ0v) is 84.5. The van der Waals surface area contributed by atoms with E-state index in [1.807, 2.05) is 6.08 Å². The lowest BCUT2D eigenvalue weighted by Gasteiger charge is -2.40. The molecule has 8 aromatic carbocycles. The van der Waals surface area contributed by atoms with Crippen molar-refractivity contribution in [1.29, 1.82) is 0 Å². The van der Waals surface area contributed by atoms with Crippen LogP contribution in [-0.4, -0.2) is 95.0 Å². The van der Waals surface area contributed by atoms with Gasteiger partial charge in [0.2, 0.25) is 0 Å². The molecule has 688 valence electrons. The van der Waals surface area contributed by atoms with Crippen molar-refractivity contribution in [3.05, 3.63) is 382 Å². The highest BCUT2D eigenvalue weighted by Crippen LogP contribution is 2.54. The van der Waals surface area contributed by atoms with E-state index in [0.717, 1.165) is 25.7 Å². The Labute approximate surface area is 804 Å². The number of nitrogens with zero attached hydrogens (tertiary/aromatic N) is 4. The van der Waals surface area contributed by atoms with Crippen molar-refractivity contribution in [3.8, 4) is 0 Å². The second-order valence-electron chi connectivity index (χ2n) is 41.3. The molecule has 0 heterocycles. The standard InChI is InChI=1S/C35H48BN.C33H44BN.C29H36BN.C27H32BN/c1-7-9-11-13-19-29-25-35(33-23-17-15-21-31(29)33)36(37(26(3)4)27(5)6)34-24-28(18-12-10-8-2)30-20-14-16-22-32(30)34;1-7-9-10-11-17-27-23-33(31-21-15-13-19-29(27)31)34(35(24(3)4)25(5)6)32-22-26(16-8-2)28-18-12-14-20-30(28)32;1-6-7-8-14-24-20-29(27-17-12-11-15-25(24)27)30(31(21(2)3)22(4)5)28-19-18-23-13-9-10-16-26(23)28;1-6-11-22-18-27(25-15-10-9-13-23(22)25)28(29(19(2)3)20(4)5)26-17-16-21-12-7-8-14-24(21)26/h8,14-17,20-28,35H,2,7,9-13,18-19H2,1,3-6H3;8,12-15,18-26,33H,2,7,9-11,16-17H2,1,3-6H3;6,9-13,15-22,24,28H,1,7-8,14H2,2-5H3;6-10,12-20,22,26H,1,11H2,2-5H3. The van der Waals surface area contributed by atoms with Gasteiger partial charge in [0.15, 0.2) is 0 Å². The van der Waals surface area contributed by atoms with Crippen molar-refractivity contribution in [3.63, 3.8) is 0 Å². The van der Waals surface area contributed by atoms with E-state index in [-0.39, 0.29) is 0 Å². The van der Waals surface area contributed by atoms with E-state index in [1.165, 1.54) is 195 Å². The van der Waals surface area contributed by atoms with Gasteiger partial charge >= 0.3 is 0 Å². The van der Waals surface area contributed by atoms with Crippen LogP contribution in [0.3, 0.4) is 0 Å². The summed E-state index contributed by atoms with van der Waals surface area (Å²) in [5.74, 6) is 3.39. The van der Waals surface area contributed by atoms with E-state index in [0.29, 0.717) is 123 Å². The predicted octanol–water partition coefficient (Wildman–Crippen LogP) is 33.2. The molecule has 0 radical (unpaired) electrons. The van der Waals surface area contributed by atoms with Crippen molar-refractivity contribution >= 4 is 72.6 Å². The van der Waals surface area contributed by atoms with Gasteiger partial charge in [0, 0.05) is 46.9 Å². The minimum Gasteiger partial charge on any atom is -0.333 e. The van der Waals surface area contributed by atoms with Crippen LogP contribution in [0.2, 0.25) is 0 Å². The Kier molecular flexibility index (Phi) is 36.3. The molecule has 0 aromatic heterocycles. The molecule has 0 spiro atoms.